The van der Waals surface area contributed by atoms with Gasteiger partial charge in [0.25, 0.3) is 5.91 Å². The van der Waals surface area contributed by atoms with Gasteiger partial charge < -0.3 is 15.0 Å². The van der Waals surface area contributed by atoms with Crippen molar-refractivity contribution in [3.63, 3.8) is 0 Å². The Morgan fingerprint density at radius 2 is 1.80 bits per heavy atom. The molecule has 0 spiro atoms. The van der Waals surface area contributed by atoms with E-state index in [1.54, 1.807) is 41.4 Å². The van der Waals surface area contributed by atoms with E-state index in [1.807, 2.05) is 18.2 Å². The quantitative estimate of drug-likeness (QED) is 0.930. The molecule has 1 fully saturated rings. The van der Waals surface area contributed by atoms with Crippen LogP contribution in [0.4, 0.5) is 4.79 Å². The van der Waals surface area contributed by atoms with Crippen molar-refractivity contribution in [2.24, 2.45) is 5.92 Å². The van der Waals surface area contributed by atoms with Gasteiger partial charge in [-0.15, -0.1) is 0 Å². The topological polar surface area (TPSA) is 71.5 Å². The summed E-state index contributed by atoms with van der Waals surface area (Å²) in [6, 6.07) is 14.3. The molecule has 0 atom stereocenters. The maximum Gasteiger partial charge on any atom is 0.415 e. The highest BCUT2D eigenvalue weighted by atomic mass is 16.6. The van der Waals surface area contributed by atoms with Crippen LogP contribution in [0.5, 0.6) is 5.75 Å². The van der Waals surface area contributed by atoms with Crippen molar-refractivity contribution in [2.75, 3.05) is 19.6 Å². The zero-order valence-electron chi connectivity index (χ0n) is 13.9. The number of nitrogens with zero attached hydrogens (tertiary/aromatic N) is 2. The number of carbonyl (C=O) groups is 2. The highest BCUT2D eigenvalue weighted by Gasteiger charge is 2.24. The minimum atomic E-state index is -0.317. The number of rotatable bonds is 4. The van der Waals surface area contributed by atoms with E-state index in [2.05, 4.69) is 10.3 Å². The highest BCUT2D eigenvalue weighted by molar-refractivity contribution is 5.92. The van der Waals surface area contributed by atoms with Crippen molar-refractivity contribution < 1.29 is 14.3 Å². The number of benzene rings is 1. The lowest BCUT2D eigenvalue weighted by molar-refractivity contribution is 0.0926. The third-order valence-corrected chi connectivity index (χ3v) is 4.27. The van der Waals surface area contributed by atoms with Gasteiger partial charge in [0, 0.05) is 25.8 Å². The molecule has 1 saturated heterocycles. The number of aromatic nitrogens is 1. The SMILES string of the molecule is O=C(NCC1CCN(C(=O)Oc2ccccc2)CC1)c1ccccn1. The van der Waals surface area contributed by atoms with Gasteiger partial charge in [0.1, 0.15) is 11.4 Å². The van der Waals surface area contributed by atoms with E-state index in [1.165, 1.54) is 0 Å². The first-order valence-electron chi connectivity index (χ1n) is 8.43. The average molecular weight is 339 g/mol. The van der Waals surface area contributed by atoms with E-state index >= 15 is 0 Å². The van der Waals surface area contributed by atoms with Crippen molar-refractivity contribution in [1.29, 1.82) is 0 Å². The Labute approximate surface area is 146 Å². The zero-order chi connectivity index (χ0) is 17.5. The smallest absolute Gasteiger partial charge is 0.410 e. The van der Waals surface area contributed by atoms with Crippen LogP contribution in [-0.4, -0.2) is 41.5 Å². The molecular weight excluding hydrogens is 318 g/mol. The first-order chi connectivity index (χ1) is 12.2. The van der Waals surface area contributed by atoms with Crippen LogP contribution in [0, 0.1) is 5.92 Å². The number of nitrogens with one attached hydrogen (secondary N) is 1. The molecule has 6 nitrogen and oxygen atoms in total. The summed E-state index contributed by atoms with van der Waals surface area (Å²) in [6.07, 6.45) is 2.96. The fourth-order valence-electron chi connectivity index (χ4n) is 2.80. The molecule has 2 heterocycles. The maximum atomic E-state index is 12.2. The molecule has 0 radical (unpaired) electrons. The van der Waals surface area contributed by atoms with Gasteiger partial charge in [0.2, 0.25) is 0 Å². The van der Waals surface area contributed by atoms with Crippen molar-refractivity contribution >= 4 is 12.0 Å². The molecule has 0 bridgehead atoms. The van der Waals surface area contributed by atoms with E-state index in [-0.39, 0.29) is 12.0 Å². The zero-order valence-corrected chi connectivity index (χ0v) is 13.9. The third kappa shape index (κ3) is 4.79. The lowest BCUT2D eigenvalue weighted by Crippen LogP contribution is -2.42. The minimum absolute atomic E-state index is 0.161. The Hall–Kier alpha value is -2.89. The second-order valence-corrected chi connectivity index (χ2v) is 6.04. The molecule has 25 heavy (non-hydrogen) atoms. The summed E-state index contributed by atoms with van der Waals surface area (Å²) in [7, 11) is 0. The standard InChI is InChI=1S/C19H21N3O3/c23-18(17-8-4-5-11-20-17)21-14-15-9-12-22(13-10-15)19(24)25-16-6-2-1-3-7-16/h1-8,11,15H,9-10,12-14H2,(H,21,23). The van der Waals surface area contributed by atoms with Gasteiger partial charge in [-0.05, 0) is 43.0 Å². The van der Waals surface area contributed by atoms with Gasteiger partial charge in [0.15, 0.2) is 0 Å². The van der Waals surface area contributed by atoms with Gasteiger partial charge in [0.05, 0.1) is 0 Å². The molecule has 1 aromatic heterocycles. The lowest BCUT2D eigenvalue weighted by atomic mass is 9.97. The molecule has 2 amide bonds. The molecular formula is C19H21N3O3. The van der Waals surface area contributed by atoms with Crippen LogP contribution in [0.3, 0.4) is 0 Å². The van der Waals surface area contributed by atoms with Crippen LogP contribution in [0.2, 0.25) is 0 Å². The van der Waals surface area contributed by atoms with Gasteiger partial charge in [-0.25, -0.2) is 4.79 Å². The van der Waals surface area contributed by atoms with Crippen molar-refractivity contribution in [3.8, 4) is 5.75 Å². The Kier molecular flexibility index (Phi) is 5.61. The molecule has 3 rings (SSSR count). The molecule has 0 saturated carbocycles. The van der Waals surface area contributed by atoms with E-state index < -0.39 is 0 Å². The van der Waals surface area contributed by atoms with Crippen LogP contribution in [0.1, 0.15) is 23.3 Å². The van der Waals surface area contributed by atoms with Crippen LogP contribution in [-0.2, 0) is 0 Å². The first kappa shape index (κ1) is 17.0. The summed E-state index contributed by atoms with van der Waals surface area (Å²) < 4.78 is 5.35. The Balaban J connectivity index is 1.41. The van der Waals surface area contributed by atoms with Crippen LogP contribution in [0.25, 0.3) is 0 Å². The largest absolute Gasteiger partial charge is 0.415 e. The van der Waals surface area contributed by atoms with Crippen molar-refractivity contribution in [2.45, 2.75) is 12.8 Å². The molecule has 0 unspecified atom stereocenters. The molecule has 1 aromatic carbocycles. The summed E-state index contributed by atoms with van der Waals surface area (Å²) in [6.45, 7) is 1.86. The Bertz CT molecular complexity index is 698. The normalized spacial score (nSPS) is 14.8. The number of hydrogen-bond acceptors (Lipinski definition) is 4. The number of piperidine rings is 1. The monoisotopic (exact) mass is 339 g/mol. The second-order valence-electron chi connectivity index (χ2n) is 6.04. The summed E-state index contributed by atoms with van der Waals surface area (Å²) >= 11 is 0. The molecule has 1 aliphatic rings. The van der Waals surface area contributed by atoms with Gasteiger partial charge in [-0.1, -0.05) is 24.3 Å². The van der Waals surface area contributed by atoms with E-state index in [0.29, 0.717) is 37.0 Å². The summed E-state index contributed by atoms with van der Waals surface area (Å²) in [5.41, 5.74) is 0.423. The first-order valence-corrected chi connectivity index (χ1v) is 8.43. The van der Waals surface area contributed by atoms with Crippen molar-refractivity contribution in [1.82, 2.24) is 15.2 Å². The molecule has 6 heteroatoms. The average Bonchev–Trinajstić information content (AvgIpc) is 2.68. The summed E-state index contributed by atoms with van der Waals surface area (Å²) in [5.74, 6) is 0.747. The molecule has 1 aliphatic heterocycles. The number of para-hydroxylation sites is 1. The predicted molar refractivity (Wildman–Crippen MR) is 93.3 cm³/mol. The highest BCUT2D eigenvalue weighted by Crippen LogP contribution is 2.18. The molecule has 1 N–H and O–H groups in total. The molecule has 2 aromatic rings. The Morgan fingerprint density at radius 3 is 2.48 bits per heavy atom. The number of amides is 2. The second kappa shape index (κ2) is 8.28. The Morgan fingerprint density at radius 1 is 1.08 bits per heavy atom. The number of carbonyl (C=O) groups excluding carboxylic acids is 2. The predicted octanol–water partition coefficient (Wildman–Crippen LogP) is 2.72. The molecule has 0 aliphatic carbocycles. The van der Waals surface area contributed by atoms with E-state index in [9.17, 15) is 9.59 Å². The number of likely N-dealkylation sites (tertiary alicyclic amines) is 1. The number of ether oxygens (including phenoxy) is 1. The molecule has 130 valence electrons. The van der Waals surface area contributed by atoms with E-state index in [4.69, 9.17) is 4.74 Å². The maximum absolute atomic E-state index is 12.2. The van der Waals surface area contributed by atoms with Crippen LogP contribution < -0.4 is 10.1 Å². The summed E-state index contributed by atoms with van der Waals surface area (Å²) in [4.78, 5) is 29.9. The van der Waals surface area contributed by atoms with Gasteiger partial charge in [-0.2, -0.15) is 0 Å². The van der Waals surface area contributed by atoms with Crippen LogP contribution in [0.15, 0.2) is 54.7 Å². The third-order valence-electron chi connectivity index (χ3n) is 4.27. The van der Waals surface area contributed by atoms with E-state index in [0.717, 1.165) is 12.8 Å². The van der Waals surface area contributed by atoms with Gasteiger partial charge >= 0.3 is 6.09 Å². The van der Waals surface area contributed by atoms with Crippen LogP contribution >= 0.6 is 0 Å². The summed E-state index contributed by atoms with van der Waals surface area (Å²) in [5, 5.41) is 2.92. The van der Waals surface area contributed by atoms with Crippen molar-refractivity contribution in [3.05, 3.63) is 60.4 Å². The fourth-order valence-corrected chi connectivity index (χ4v) is 2.80. The number of pyridine rings is 1. The number of hydrogen-bond donors (Lipinski definition) is 1. The minimum Gasteiger partial charge on any atom is -0.410 e. The van der Waals surface area contributed by atoms with Gasteiger partial charge in [-0.3, -0.25) is 9.78 Å². The fraction of sp³-hybridized carbons (Fsp3) is 0.316. The lowest BCUT2D eigenvalue weighted by Gasteiger charge is -2.31.